The molecule has 2 atom stereocenters. The number of nitrogens with one attached hydrogen (secondary N) is 1. The van der Waals surface area contributed by atoms with Gasteiger partial charge in [-0.15, -0.1) is 0 Å². The summed E-state index contributed by atoms with van der Waals surface area (Å²) < 4.78 is 13.1. The number of amides is 1. The van der Waals surface area contributed by atoms with Crippen LogP contribution in [0, 0.1) is 11.3 Å². The zero-order valence-corrected chi connectivity index (χ0v) is 11.1. The highest BCUT2D eigenvalue weighted by Gasteiger charge is 2.31. The molecule has 5 heteroatoms. The average molecular weight is 253 g/mol. The predicted octanol–water partition coefficient (Wildman–Crippen LogP) is 1.39. The predicted molar refractivity (Wildman–Crippen MR) is 67.5 cm³/mol. The van der Waals surface area contributed by atoms with Gasteiger partial charge < -0.3 is 5.32 Å². The van der Waals surface area contributed by atoms with Crippen LogP contribution in [0.5, 0.6) is 0 Å². The van der Waals surface area contributed by atoms with Crippen molar-refractivity contribution in [3.05, 3.63) is 12.2 Å². The zero-order chi connectivity index (χ0) is 13.8. The van der Waals surface area contributed by atoms with Gasteiger partial charge >= 0.3 is 0 Å². The van der Waals surface area contributed by atoms with Gasteiger partial charge in [0, 0.05) is 31.1 Å². The summed E-state index contributed by atoms with van der Waals surface area (Å²) in [5.74, 6) is -0.174. The van der Waals surface area contributed by atoms with Crippen LogP contribution < -0.4 is 5.32 Å². The van der Waals surface area contributed by atoms with Crippen LogP contribution in [0.25, 0.3) is 0 Å². The fraction of sp³-hybridized carbons (Fsp3) is 0.692. The first-order valence-corrected chi connectivity index (χ1v) is 6.08. The maximum Gasteiger partial charge on any atom is 0.244 e. The van der Waals surface area contributed by atoms with Gasteiger partial charge in [-0.2, -0.15) is 5.26 Å². The number of alkyl halides is 1. The molecule has 1 saturated heterocycles. The summed E-state index contributed by atoms with van der Waals surface area (Å²) in [7, 11) is 0. The third-order valence-electron chi connectivity index (χ3n) is 2.61. The van der Waals surface area contributed by atoms with E-state index in [-0.39, 0.29) is 30.5 Å². The molecule has 1 fully saturated rings. The number of hydrogen-bond acceptors (Lipinski definition) is 3. The van der Waals surface area contributed by atoms with Gasteiger partial charge in [0.1, 0.15) is 12.2 Å². The number of carbonyl (C=O) groups excluding carboxylic acids is 1. The van der Waals surface area contributed by atoms with Crippen molar-refractivity contribution in [1.29, 1.82) is 5.26 Å². The Bertz CT molecular complexity index is 367. The molecule has 1 aliphatic rings. The largest absolute Gasteiger partial charge is 0.348 e. The van der Waals surface area contributed by atoms with Crippen LogP contribution in [-0.2, 0) is 4.79 Å². The third kappa shape index (κ3) is 4.84. The van der Waals surface area contributed by atoms with E-state index in [1.165, 1.54) is 6.08 Å². The Morgan fingerprint density at radius 3 is 2.83 bits per heavy atom. The van der Waals surface area contributed by atoms with Gasteiger partial charge in [-0.1, -0.05) is 6.08 Å². The molecular formula is C13H20FN3O. The van der Waals surface area contributed by atoms with Crippen molar-refractivity contribution >= 4 is 5.91 Å². The molecule has 2 unspecified atom stereocenters. The number of likely N-dealkylation sites (tertiary alicyclic amines) is 1. The molecule has 1 heterocycles. The lowest BCUT2D eigenvalue weighted by Gasteiger charge is -2.19. The molecule has 0 bridgehead atoms. The summed E-state index contributed by atoms with van der Waals surface area (Å²) in [5.41, 5.74) is -0.270. The van der Waals surface area contributed by atoms with Crippen LogP contribution in [-0.4, -0.2) is 41.6 Å². The van der Waals surface area contributed by atoms with Crippen LogP contribution in [0.2, 0.25) is 0 Å². The van der Waals surface area contributed by atoms with Gasteiger partial charge in [-0.25, -0.2) is 4.39 Å². The highest BCUT2D eigenvalue weighted by molar-refractivity contribution is 5.87. The Hall–Kier alpha value is -1.41. The molecular weight excluding hydrogens is 233 g/mol. The van der Waals surface area contributed by atoms with Gasteiger partial charge in [-0.3, -0.25) is 9.69 Å². The molecule has 1 N–H and O–H groups in total. The second-order valence-corrected chi connectivity index (χ2v) is 5.57. The fourth-order valence-corrected chi connectivity index (χ4v) is 1.89. The molecule has 4 nitrogen and oxygen atoms in total. The molecule has 1 amide bonds. The van der Waals surface area contributed by atoms with Gasteiger partial charge in [0.25, 0.3) is 0 Å². The molecule has 0 spiro atoms. The SMILES string of the molecule is CC(C)(C)NC(=O)/C=C/CN1CC(F)CC1C#N. The average Bonchev–Trinajstić information content (AvgIpc) is 2.56. The van der Waals surface area contributed by atoms with Crippen molar-refractivity contribution in [2.24, 2.45) is 0 Å². The minimum absolute atomic E-state index is 0.174. The highest BCUT2D eigenvalue weighted by atomic mass is 19.1. The number of rotatable bonds is 3. The van der Waals surface area contributed by atoms with Crippen molar-refractivity contribution in [3.63, 3.8) is 0 Å². The molecule has 0 aromatic carbocycles. The van der Waals surface area contributed by atoms with E-state index in [2.05, 4.69) is 11.4 Å². The maximum absolute atomic E-state index is 13.1. The maximum atomic E-state index is 13.1. The summed E-state index contributed by atoms with van der Waals surface area (Å²) in [6.45, 7) is 6.40. The standard InChI is InChI=1S/C13H20FN3O/c1-13(2,3)16-12(18)5-4-6-17-9-10(14)7-11(17)8-15/h4-5,10-11H,6-7,9H2,1-3H3,(H,16,18)/b5-4+. The second-order valence-electron chi connectivity index (χ2n) is 5.57. The van der Waals surface area contributed by atoms with E-state index < -0.39 is 6.17 Å². The number of nitriles is 1. The molecule has 0 aliphatic carbocycles. The first-order valence-electron chi connectivity index (χ1n) is 6.08. The molecule has 1 aliphatic heterocycles. The van der Waals surface area contributed by atoms with Crippen LogP contribution in [0.15, 0.2) is 12.2 Å². The Labute approximate surface area is 107 Å². The molecule has 0 aromatic rings. The second kappa shape index (κ2) is 5.96. The number of hydrogen-bond donors (Lipinski definition) is 1. The Morgan fingerprint density at radius 2 is 2.28 bits per heavy atom. The lowest BCUT2D eigenvalue weighted by molar-refractivity contribution is -0.117. The highest BCUT2D eigenvalue weighted by Crippen LogP contribution is 2.19. The Kier molecular flexibility index (Phi) is 4.85. The number of halogens is 1. The molecule has 100 valence electrons. The van der Waals surface area contributed by atoms with Gasteiger partial charge in [0.2, 0.25) is 5.91 Å². The summed E-state index contributed by atoms with van der Waals surface area (Å²) >= 11 is 0. The topological polar surface area (TPSA) is 56.1 Å². The van der Waals surface area contributed by atoms with Crippen molar-refractivity contribution in [3.8, 4) is 6.07 Å². The normalized spacial score (nSPS) is 25.3. The minimum atomic E-state index is -0.938. The third-order valence-corrected chi connectivity index (χ3v) is 2.61. The quantitative estimate of drug-likeness (QED) is 0.773. The summed E-state index contributed by atoms with van der Waals surface area (Å²) in [6, 6.07) is 1.69. The van der Waals surface area contributed by atoms with E-state index in [1.54, 1.807) is 11.0 Å². The van der Waals surface area contributed by atoms with E-state index in [0.29, 0.717) is 6.54 Å². The van der Waals surface area contributed by atoms with Crippen LogP contribution in [0.1, 0.15) is 27.2 Å². The summed E-state index contributed by atoms with van der Waals surface area (Å²) in [4.78, 5) is 13.2. The van der Waals surface area contributed by atoms with Gasteiger partial charge in [-0.05, 0) is 20.8 Å². The number of nitrogens with zero attached hydrogens (tertiary/aromatic N) is 2. The monoisotopic (exact) mass is 253 g/mol. The van der Waals surface area contributed by atoms with E-state index in [1.807, 2.05) is 20.8 Å². The molecule has 0 radical (unpaired) electrons. The molecule has 18 heavy (non-hydrogen) atoms. The van der Waals surface area contributed by atoms with Crippen molar-refractivity contribution < 1.29 is 9.18 Å². The summed E-state index contributed by atoms with van der Waals surface area (Å²) in [5, 5.41) is 11.6. The lowest BCUT2D eigenvalue weighted by Crippen LogP contribution is -2.39. The van der Waals surface area contributed by atoms with Crippen LogP contribution in [0.3, 0.4) is 0 Å². The Balaban J connectivity index is 2.41. The fourth-order valence-electron chi connectivity index (χ4n) is 1.89. The number of carbonyl (C=O) groups is 1. The van der Waals surface area contributed by atoms with E-state index in [0.717, 1.165) is 0 Å². The first-order chi connectivity index (χ1) is 8.31. The molecule has 0 aromatic heterocycles. The van der Waals surface area contributed by atoms with Crippen molar-refractivity contribution in [2.75, 3.05) is 13.1 Å². The van der Waals surface area contributed by atoms with Gasteiger partial charge in [0.05, 0.1) is 6.07 Å². The van der Waals surface area contributed by atoms with Gasteiger partial charge in [0.15, 0.2) is 0 Å². The van der Waals surface area contributed by atoms with Crippen molar-refractivity contribution in [2.45, 2.75) is 44.9 Å². The summed E-state index contributed by atoms with van der Waals surface area (Å²) in [6.07, 6.45) is 2.43. The van der Waals surface area contributed by atoms with Crippen LogP contribution in [0.4, 0.5) is 4.39 Å². The first kappa shape index (κ1) is 14.7. The zero-order valence-electron chi connectivity index (χ0n) is 11.1. The lowest BCUT2D eigenvalue weighted by atomic mass is 10.1. The Morgan fingerprint density at radius 1 is 1.61 bits per heavy atom. The molecule has 1 rings (SSSR count). The van der Waals surface area contributed by atoms with E-state index in [4.69, 9.17) is 5.26 Å². The smallest absolute Gasteiger partial charge is 0.244 e. The van der Waals surface area contributed by atoms with E-state index in [9.17, 15) is 9.18 Å². The molecule has 0 saturated carbocycles. The minimum Gasteiger partial charge on any atom is -0.348 e. The van der Waals surface area contributed by atoms with Crippen LogP contribution >= 0.6 is 0 Å². The van der Waals surface area contributed by atoms with Crippen molar-refractivity contribution in [1.82, 2.24) is 10.2 Å². The van der Waals surface area contributed by atoms with E-state index >= 15 is 0 Å².